The lowest BCUT2D eigenvalue weighted by Crippen LogP contribution is -2.31. The highest BCUT2D eigenvalue weighted by atomic mass is 79.9. The van der Waals surface area contributed by atoms with Crippen LogP contribution in [0.2, 0.25) is 0 Å². The molecule has 2 rings (SSSR count). The molecule has 1 heterocycles. The Bertz CT molecular complexity index is 668. The quantitative estimate of drug-likeness (QED) is 0.840. The van der Waals surface area contributed by atoms with Crippen LogP contribution in [0.15, 0.2) is 10.5 Å². The Labute approximate surface area is 119 Å². The van der Waals surface area contributed by atoms with Crippen molar-refractivity contribution in [3.63, 3.8) is 0 Å². The highest BCUT2D eigenvalue weighted by Gasteiger charge is 2.38. The van der Waals surface area contributed by atoms with Gasteiger partial charge in [-0.15, -0.1) is 0 Å². The van der Waals surface area contributed by atoms with E-state index < -0.39 is 18.1 Å². The summed E-state index contributed by atoms with van der Waals surface area (Å²) in [5.41, 5.74) is 5.58. The minimum atomic E-state index is -4.54. The standard InChI is InChI=1S/C11H10BrF4N3O/c1-4(11(14,15)16)20-6-3-5(12)8(13)9-7(6)10(17)18-19(9)2/h3-4H,1-2H3,(H2,17,18). The van der Waals surface area contributed by atoms with Gasteiger partial charge in [0.2, 0.25) is 0 Å². The minimum absolute atomic E-state index is 0.0179. The summed E-state index contributed by atoms with van der Waals surface area (Å²) in [6, 6.07) is 1.11. The molecule has 2 N–H and O–H groups in total. The van der Waals surface area contributed by atoms with Crippen molar-refractivity contribution in [3.05, 3.63) is 16.4 Å². The number of halogens is 5. The third-order valence-corrected chi connectivity index (χ3v) is 3.34. The molecule has 1 atom stereocenters. The monoisotopic (exact) mass is 355 g/mol. The van der Waals surface area contributed by atoms with Gasteiger partial charge in [0.25, 0.3) is 0 Å². The highest BCUT2D eigenvalue weighted by molar-refractivity contribution is 9.10. The molecule has 1 aromatic heterocycles. The predicted octanol–water partition coefficient (Wildman–Crippen LogP) is 3.39. The van der Waals surface area contributed by atoms with Crippen molar-refractivity contribution in [3.8, 4) is 5.75 Å². The molecule has 0 bridgehead atoms. The fourth-order valence-electron chi connectivity index (χ4n) is 1.75. The van der Waals surface area contributed by atoms with E-state index in [2.05, 4.69) is 21.0 Å². The smallest absolute Gasteiger partial charge is 0.425 e. The van der Waals surface area contributed by atoms with Gasteiger partial charge in [-0.05, 0) is 28.9 Å². The number of anilines is 1. The maximum Gasteiger partial charge on any atom is 0.425 e. The van der Waals surface area contributed by atoms with Crippen molar-refractivity contribution < 1.29 is 22.3 Å². The molecule has 0 amide bonds. The summed E-state index contributed by atoms with van der Waals surface area (Å²) in [6.45, 7) is 0.857. The number of hydrogen-bond acceptors (Lipinski definition) is 3. The number of benzene rings is 1. The van der Waals surface area contributed by atoms with Crippen LogP contribution in [0.4, 0.5) is 23.4 Å². The van der Waals surface area contributed by atoms with E-state index in [1.54, 1.807) is 0 Å². The van der Waals surface area contributed by atoms with Crippen molar-refractivity contribution in [1.82, 2.24) is 9.78 Å². The van der Waals surface area contributed by atoms with Gasteiger partial charge < -0.3 is 10.5 Å². The Hall–Kier alpha value is -1.51. The van der Waals surface area contributed by atoms with Gasteiger partial charge >= 0.3 is 6.18 Å². The van der Waals surface area contributed by atoms with Crippen molar-refractivity contribution in [2.45, 2.75) is 19.2 Å². The molecule has 110 valence electrons. The zero-order chi connectivity index (χ0) is 15.2. The first-order chi connectivity index (χ1) is 9.12. The number of nitrogen functional groups attached to an aromatic ring is 1. The zero-order valence-corrected chi connectivity index (χ0v) is 12.0. The Balaban J connectivity index is 2.62. The fourth-order valence-corrected chi connectivity index (χ4v) is 2.15. The minimum Gasteiger partial charge on any atom is -0.480 e. The number of alkyl halides is 3. The lowest BCUT2D eigenvalue weighted by molar-refractivity contribution is -0.188. The Morgan fingerprint density at radius 1 is 1.45 bits per heavy atom. The third-order valence-electron chi connectivity index (χ3n) is 2.76. The number of rotatable bonds is 2. The number of nitrogens with zero attached hydrogens (tertiary/aromatic N) is 2. The molecule has 1 unspecified atom stereocenters. The van der Waals surface area contributed by atoms with Gasteiger partial charge in [-0.25, -0.2) is 4.39 Å². The first-order valence-electron chi connectivity index (χ1n) is 5.46. The van der Waals surface area contributed by atoms with Crippen LogP contribution in [-0.4, -0.2) is 22.1 Å². The number of fused-ring (bicyclic) bond motifs is 1. The maximum absolute atomic E-state index is 14.0. The number of ether oxygens (including phenoxy) is 1. The average molecular weight is 356 g/mol. The van der Waals surface area contributed by atoms with Gasteiger partial charge in [0.05, 0.1) is 9.86 Å². The Morgan fingerprint density at radius 3 is 2.60 bits per heavy atom. The second-order valence-corrected chi connectivity index (χ2v) is 5.06. The largest absolute Gasteiger partial charge is 0.480 e. The van der Waals surface area contributed by atoms with Crippen LogP contribution in [0.1, 0.15) is 6.92 Å². The molecular weight excluding hydrogens is 346 g/mol. The van der Waals surface area contributed by atoms with Gasteiger partial charge in [-0.2, -0.15) is 18.3 Å². The summed E-state index contributed by atoms with van der Waals surface area (Å²) in [4.78, 5) is 0. The molecule has 0 saturated carbocycles. The molecule has 0 spiro atoms. The molecular formula is C11H10BrF4N3O. The Morgan fingerprint density at radius 2 is 2.05 bits per heavy atom. The molecule has 0 fully saturated rings. The average Bonchev–Trinajstić information content (AvgIpc) is 2.60. The van der Waals surface area contributed by atoms with Crippen LogP contribution in [0.25, 0.3) is 10.9 Å². The molecule has 4 nitrogen and oxygen atoms in total. The number of aromatic nitrogens is 2. The second kappa shape index (κ2) is 4.80. The number of hydrogen-bond donors (Lipinski definition) is 1. The van der Waals surface area contributed by atoms with Crippen LogP contribution in [0.5, 0.6) is 5.75 Å². The summed E-state index contributed by atoms with van der Waals surface area (Å²) >= 11 is 2.93. The molecule has 9 heteroatoms. The van der Waals surface area contributed by atoms with Crippen LogP contribution in [0.3, 0.4) is 0 Å². The molecule has 0 aliphatic rings. The SMILES string of the molecule is CC(Oc1cc(Br)c(F)c2c1c(N)nn2C)C(F)(F)F. The molecule has 0 aliphatic heterocycles. The summed E-state index contributed by atoms with van der Waals surface area (Å²) in [6.07, 6.45) is -6.59. The first kappa shape index (κ1) is 14.9. The van der Waals surface area contributed by atoms with E-state index in [0.717, 1.165) is 17.7 Å². The number of nitrogens with two attached hydrogens (primary N) is 1. The van der Waals surface area contributed by atoms with E-state index in [9.17, 15) is 17.6 Å². The van der Waals surface area contributed by atoms with Crippen LogP contribution in [0, 0.1) is 5.82 Å². The van der Waals surface area contributed by atoms with Gasteiger partial charge in [-0.1, -0.05) is 0 Å². The van der Waals surface area contributed by atoms with Crippen LogP contribution >= 0.6 is 15.9 Å². The third kappa shape index (κ3) is 2.41. The van der Waals surface area contributed by atoms with Crippen molar-refractivity contribution in [2.24, 2.45) is 7.05 Å². The van der Waals surface area contributed by atoms with Gasteiger partial charge in [0.1, 0.15) is 11.3 Å². The predicted molar refractivity (Wildman–Crippen MR) is 68.9 cm³/mol. The van der Waals surface area contributed by atoms with E-state index >= 15 is 0 Å². The van der Waals surface area contributed by atoms with Crippen molar-refractivity contribution in [1.29, 1.82) is 0 Å². The van der Waals surface area contributed by atoms with E-state index in [0.29, 0.717) is 0 Å². The summed E-state index contributed by atoms with van der Waals surface area (Å²) in [7, 11) is 1.44. The van der Waals surface area contributed by atoms with E-state index in [1.807, 2.05) is 0 Å². The molecule has 1 aromatic carbocycles. The number of aryl methyl sites for hydroxylation is 1. The first-order valence-corrected chi connectivity index (χ1v) is 6.25. The van der Waals surface area contributed by atoms with Crippen molar-refractivity contribution in [2.75, 3.05) is 5.73 Å². The van der Waals surface area contributed by atoms with Gasteiger partial charge in [0.15, 0.2) is 17.7 Å². The Kier molecular flexibility index (Phi) is 3.57. The van der Waals surface area contributed by atoms with Gasteiger partial charge in [0, 0.05) is 7.05 Å². The summed E-state index contributed by atoms with van der Waals surface area (Å²) in [5, 5.41) is 3.81. The molecule has 2 aromatic rings. The van der Waals surface area contributed by atoms with E-state index in [-0.39, 0.29) is 26.9 Å². The van der Waals surface area contributed by atoms with Crippen LogP contribution in [-0.2, 0) is 7.05 Å². The zero-order valence-electron chi connectivity index (χ0n) is 10.4. The van der Waals surface area contributed by atoms with E-state index in [1.165, 1.54) is 7.05 Å². The van der Waals surface area contributed by atoms with E-state index in [4.69, 9.17) is 10.5 Å². The molecule has 20 heavy (non-hydrogen) atoms. The molecule has 0 saturated heterocycles. The molecule has 0 aliphatic carbocycles. The summed E-state index contributed by atoms with van der Waals surface area (Å²) < 4.78 is 57.6. The second-order valence-electron chi connectivity index (χ2n) is 4.20. The van der Waals surface area contributed by atoms with Crippen molar-refractivity contribution >= 4 is 32.7 Å². The van der Waals surface area contributed by atoms with Gasteiger partial charge in [-0.3, -0.25) is 4.68 Å². The summed E-state index contributed by atoms with van der Waals surface area (Å²) in [5.74, 6) is -0.944. The topological polar surface area (TPSA) is 53.1 Å². The van der Waals surface area contributed by atoms with Crippen LogP contribution < -0.4 is 10.5 Å². The lowest BCUT2D eigenvalue weighted by atomic mass is 10.2. The normalized spacial score (nSPS) is 13.8. The maximum atomic E-state index is 14.0. The lowest BCUT2D eigenvalue weighted by Gasteiger charge is -2.18. The molecule has 0 radical (unpaired) electrons. The fraction of sp³-hybridized carbons (Fsp3) is 0.364. The highest BCUT2D eigenvalue weighted by Crippen LogP contribution is 2.38.